The minimum absolute atomic E-state index is 0.0825. The van der Waals surface area contributed by atoms with E-state index in [1.165, 1.54) is 0 Å². The summed E-state index contributed by atoms with van der Waals surface area (Å²) >= 11 is 0. The lowest BCUT2D eigenvalue weighted by Gasteiger charge is -2.50. The van der Waals surface area contributed by atoms with Gasteiger partial charge in [-0.2, -0.15) is 0 Å². The molecule has 0 aliphatic carbocycles. The summed E-state index contributed by atoms with van der Waals surface area (Å²) in [7, 11) is -3.18. The van der Waals surface area contributed by atoms with Crippen molar-refractivity contribution in [1.29, 1.82) is 0 Å². The average molecular weight is 404 g/mol. The maximum atomic E-state index is 12.9. The number of nitrogens with one attached hydrogen (secondary N) is 1. The highest BCUT2D eigenvalue weighted by Crippen LogP contribution is 2.45. The van der Waals surface area contributed by atoms with E-state index in [0.29, 0.717) is 38.3 Å². The number of likely N-dealkylation sites (tertiary alicyclic amines) is 1. The number of amides is 1. The average Bonchev–Trinajstić information content (AvgIpc) is 3.22. The van der Waals surface area contributed by atoms with Crippen molar-refractivity contribution in [2.45, 2.75) is 11.2 Å². The normalized spacial score (nSPS) is 26.6. The number of morpholine rings is 1. The van der Waals surface area contributed by atoms with Gasteiger partial charge in [-0.3, -0.25) is 9.69 Å². The first-order valence-electron chi connectivity index (χ1n) is 9.87. The Kier molecular flexibility index (Phi) is 4.26. The molecule has 2 aromatic rings. The van der Waals surface area contributed by atoms with E-state index in [1.807, 2.05) is 24.4 Å². The second kappa shape index (κ2) is 6.57. The number of carbonyl (C=O) groups excluding carboxylic acids is 1. The molecule has 1 aromatic heterocycles. The number of carbonyl (C=O) groups is 1. The van der Waals surface area contributed by atoms with Gasteiger partial charge in [-0.1, -0.05) is 0 Å². The van der Waals surface area contributed by atoms with Gasteiger partial charge in [0, 0.05) is 55.4 Å². The van der Waals surface area contributed by atoms with Crippen LogP contribution in [0.1, 0.15) is 16.8 Å². The maximum absolute atomic E-state index is 12.9. The van der Waals surface area contributed by atoms with E-state index in [9.17, 15) is 13.2 Å². The molecule has 1 spiro atoms. The number of sulfone groups is 1. The van der Waals surface area contributed by atoms with E-state index in [4.69, 9.17) is 4.74 Å². The van der Waals surface area contributed by atoms with Crippen LogP contribution in [0.3, 0.4) is 0 Å². The van der Waals surface area contributed by atoms with Crippen molar-refractivity contribution in [2.75, 3.05) is 51.7 Å². The van der Waals surface area contributed by atoms with Crippen LogP contribution >= 0.6 is 0 Å². The number of rotatable bonds is 3. The van der Waals surface area contributed by atoms with Crippen LogP contribution in [0.25, 0.3) is 10.9 Å². The number of aromatic nitrogens is 1. The van der Waals surface area contributed by atoms with Crippen LogP contribution in [0.15, 0.2) is 30.5 Å². The van der Waals surface area contributed by atoms with Crippen molar-refractivity contribution in [2.24, 2.45) is 5.92 Å². The Hall–Kier alpha value is -1.90. The molecule has 3 saturated heterocycles. The number of hydrogen-bond acceptors (Lipinski definition) is 5. The molecule has 8 heteroatoms. The van der Waals surface area contributed by atoms with Gasteiger partial charge in [-0.25, -0.2) is 8.42 Å². The van der Waals surface area contributed by atoms with Crippen LogP contribution in [0, 0.1) is 5.92 Å². The molecular formula is C20H25N3O4S. The molecule has 1 atom stereocenters. The highest BCUT2D eigenvalue weighted by molar-refractivity contribution is 7.93. The number of aromatic amines is 1. The number of benzene rings is 1. The zero-order valence-electron chi connectivity index (χ0n) is 15.8. The first kappa shape index (κ1) is 18.1. The zero-order chi connectivity index (χ0) is 19.4. The molecule has 3 aliphatic rings. The summed E-state index contributed by atoms with van der Waals surface area (Å²) < 4.78 is 30.4. The van der Waals surface area contributed by atoms with E-state index < -0.39 is 14.6 Å². The molecule has 4 heterocycles. The third-order valence-corrected chi connectivity index (χ3v) is 9.29. The lowest BCUT2D eigenvalue weighted by atomic mass is 9.82. The zero-order valence-corrected chi connectivity index (χ0v) is 16.6. The summed E-state index contributed by atoms with van der Waals surface area (Å²) in [5.74, 6) is 0.243. The van der Waals surface area contributed by atoms with Gasteiger partial charge in [0.05, 0.1) is 19.0 Å². The van der Waals surface area contributed by atoms with Gasteiger partial charge < -0.3 is 14.6 Å². The third-order valence-electron chi connectivity index (χ3n) is 6.69. The molecule has 3 fully saturated rings. The standard InChI is InChI=1S/C20H25N3O4S/c24-19(16-1-2-18-15(11-16)3-5-21-18)23-13-20(14-23)17(4-10-28(20,25)26)12-22-6-8-27-9-7-22/h1-3,5,11,17,21H,4,6-10,12-14H2. The van der Waals surface area contributed by atoms with Crippen LogP contribution in [-0.2, 0) is 14.6 Å². The fourth-order valence-electron chi connectivity index (χ4n) is 4.94. The van der Waals surface area contributed by atoms with Crippen molar-refractivity contribution in [3.05, 3.63) is 36.0 Å². The van der Waals surface area contributed by atoms with Crippen molar-refractivity contribution >= 4 is 26.6 Å². The van der Waals surface area contributed by atoms with Crippen molar-refractivity contribution in [3.8, 4) is 0 Å². The molecular weight excluding hydrogens is 378 g/mol. The molecule has 1 aromatic carbocycles. The summed E-state index contributed by atoms with van der Waals surface area (Å²) in [5.41, 5.74) is 1.60. The van der Waals surface area contributed by atoms with Gasteiger partial charge in [-0.15, -0.1) is 0 Å². The fourth-order valence-corrected chi connectivity index (χ4v) is 7.34. The van der Waals surface area contributed by atoms with E-state index in [2.05, 4.69) is 9.88 Å². The number of hydrogen-bond donors (Lipinski definition) is 1. The predicted molar refractivity (Wildman–Crippen MR) is 106 cm³/mol. The lowest BCUT2D eigenvalue weighted by molar-refractivity contribution is 0.0140. The van der Waals surface area contributed by atoms with Crippen LogP contribution in [0.4, 0.5) is 0 Å². The minimum atomic E-state index is -3.18. The quantitative estimate of drug-likeness (QED) is 0.831. The Morgan fingerprint density at radius 3 is 2.79 bits per heavy atom. The predicted octanol–water partition coefficient (Wildman–Crippen LogP) is 1.13. The molecule has 0 radical (unpaired) electrons. The van der Waals surface area contributed by atoms with Gasteiger partial charge in [-0.05, 0) is 36.6 Å². The number of H-pyrrole nitrogens is 1. The van der Waals surface area contributed by atoms with Crippen molar-refractivity contribution in [3.63, 3.8) is 0 Å². The first-order valence-corrected chi connectivity index (χ1v) is 11.5. The largest absolute Gasteiger partial charge is 0.379 e. The summed E-state index contributed by atoms with van der Waals surface area (Å²) in [6.45, 7) is 4.53. The van der Waals surface area contributed by atoms with Gasteiger partial charge in [0.2, 0.25) is 0 Å². The van der Waals surface area contributed by atoms with Gasteiger partial charge >= 0.3 is 0 Å². The maximum Gasteiger partial charge on any atom is 0.253 e. The molecule has 3 aliphatic heterocycles. The Morgan fingerprint density at radius 2 is 2.00 bits per heavy atom. The molecule has 1 N–H and O–H groups in total. The molecule has 0 bridgehead atoms. The third kappa shape index (κ3) is 2.77. The Labute approximate surface area is 164 Å². The molecule has 1 unspecified atom stereocenters. The minimum Gasteiger partial charge on any atom is -0.379 e. The number of nitrogens with zero attached hydrogens (tertiary/aromatic N) is 2. The Balaban J connectivity index is 1.33. The van der Waals surface area contributed by atoms with Crippen LogP contribution in [0.2, 0.25) is 0 Å². The number of ether oxygens (including phenoxy) is 1. The Morgan fingerprint density at radius 1 is 1.21 bits per heavy atom. The van der Waals surface area contributed by atoms with Crippen molar-refractivity contribution < 1.29 is 17.9 Å². The first-order chi connectivity index (χ1) is 13.5. The second-order valence-corrected chi connectivity index (χ2v) is 10.7. The molecule has 5 rings (SSSR count). The van der Waals surface area contributed by atoms with Crippen LogP contribution in [-0.4, -0.2) is 85.5 Å². The smallest absolute Gasteiger partial charge is 0.253 e. The summed E-state index contributed by atoms with van der Waals surface area (Å²) in [6.07, 6.45) is 2.54. The topological polar surface area (TPSA) is 82.7 Å². The second-order valence-electron chi connectivity index (χ2n) is 8.22. The summed E-state index contributed by atoms with van der Waals surface area (Å²) in [5, 5.41) is 0.986. The van der Waals surface area contributed by atoms with E-state index in [0.717, 1.165) is 30.5 Å². The highest BCUT2D eigenvalue weighted by atomic mass is 32.2. The van der Waals surface area contributed by atoms with Gasteiger partial charge in [0.1, 0.15) is 4.75 Å². The SMILES string of the molecule is O=C(c1ccc2[nH]ccc2c1)N1CC2(C1)C(CN1CCOCC1)CCS2(=O)=O. The van der Waals surface area contributed by atoms with Gasteiger partial charge in [0.15, 0.2) is 9.84 Å². The van der Waals surface area contributed by atoms with Crippen molar-refractivity contribution in [1.82, 2.24) is 14.8 Å². The van der Waals surface area contributed by atoms with Crippen LogP contribution < -0.4 is 0 Å². The summed E-state index contributed by atoms with van der Waals surface area (Å²) in [6, 6.07) is 7.50. The monoisotopic (exact) mass is 403 g/mol. The molecule has 28 heavy (non-hydrogen) atoms. The lowest BCUT2D eigenvalue weighted by Crippen LogP contribution is -2.69. The van der Waals surface area contributed by atoms with E-state index >= 15 is 0 Å². The van der Waals surface area contributed by atoms with E-state index in [-0.39, 0.29) is 17.6 Å². The number of fused-ring (bicyclic) bond motifs is 1. The Bertz CT molecular complexity index is 1000. The molecule has 1 amide bonds. The van der Waals surface area contributed by atoms with Gasteiger partial charge in [0.25, 0.3) is 5.91 Å². The molecule has 0 saturated carbocycles. The molecule has 7 nitrogen and oxygen atoms in total. The van der Waals surface area contributed by atoms with E-state index in [1.54, 1.807) is 11.0 Å². The van der Waals surface area contributed by atoms with Crippen LogP contribution in [0.5, 0.6) is 0 Å². The summed E-state index contributed by atoms with van der Waals surface area (Å²) in [4.78, 5) is 20.1. The highest BCUT2D eigenvalue weighted by Gasteiger charge is 2.62. The fraction of sp³-hybridized carbons (Fsp3) is 0.550. The molecule has 150 valence electrons.